The number of nitrogens with one attached hydrogen (secondary N) is 1. The maximum Gasteiger partial charge on any atom is 0.356 e. The van der Waals surface area contributed by atoms with Gasteiger partial charge in [-0.05, 0) is 24.3 Å². The number of aromatic nitrogens is 1. The number of benzene rings is 2. The molecule has 3 aromatic rings. The lowest BCUT2D eigenvalue weighted by atomic mass is 10.1. The quantitative estimate of drug-likeness (QED) is 0.211. The summed E-state index contributed by atoms with van der Waals surface area (Å²) in [5, 5.41) is 2.20. The molecule has 0 aliphatic carbocycles. The summed E-state index contributed by atoms with van der Waals surface area (Å²) in [6, 6.07) is 15.7. The molecule has 1 N–H and O–H groups in total. The lowest BCUT2D eigenvalue weighted by Gasteiger charge is -2.49. The fourth-order valence-corrected chi connectivity index (χ4v) is 7.62. The van der Waals surface area contributed by atoms with Gasteiger partial charge in [0.1, 0.15) is 29.5 Å². The fraction of sp³-hybridized carbons (Fsp3) is 0.250. The van der Waals surface area contributed by atoms with Crippen molar-refractivity contribution in [2.45, 2.75) is 19.5 Å². The number of fused-ring (bicyclic) bond motifs is 2. The molecule has 5 rings (SSSR count). The van der Waals surface area contributed by atoms with Crippen LogP contribution in [0.2, 0.25) is 0 Å². The molecule has 2 atom stereocenters. The van der Waals surface area contributed by atoms with Crippen molar-refractivity contribution in [2.75, 3.05) is 19.0 Å². The Kier molecular flexibility index (Phi) is 8.32. The first-order valence-electron chi connectivity index (χ1n) is 11.1. The van der Waals surface area contributed by atoms with Gasteiger partial charge < -0.3 is 14.8 Å². The molecule has 2 aliphatic heterocycles. The van der Waals surface area contributed by atoms with Crippen LogP contribution in [-0.2, 0) is 19.1 Å². The fourth-order valence-electron chi connectivity index (χ4n) is 3.76. The van der Waals surface area contributed by atoms with Gasteiger partial charge in [-0.2, -0.15) is 0 Å². The number of halogens is 3. The summed E-state index contributed by atoms with van der Waals surface area (Å²) in [6.45, 7) is -0.742. The summed E-state index contributed by atoms with van der Waals surface area (Å²) in [7, 11) is 0. The second-order valence-electron chi connectivity index (χ2n) is 8.07. The molecule has 2 amide bonds. The minimum atomic E-state index is -1.81. The van der Waals surface area contributed by atoms with E-state index in [0.29, 0.717) is 20.7 Å². The number of β-lactam (4-membered cyclic amide) rings is 1. The second-order valence-corrected chi connectivity index (χ2v) is 14.1. The standard InChI is InChI=1S/C24H18Cl3N3O5S3/c25-24(26,27)12-35-22(33)19-16(38-23-28-14-8-4-5-9-15(14)37-23)11-36-21-18(20(32)30(19)21)29-17(31)10-34-13-6-2-1-3-7-13/h1-9,18,21H,10-12H2,(H,29,31)/t18?,21-/m1/s1. The molecule has 198 valence electrons. The van der Waals surface area contributed by atoms with Crippen molar-refractivity contribution in [2.24, 2.45) is 0 Å². The lowest BCUT2D eigenvalue weighted by Crippen LogP contribution is -2.70. The molecule has 1 saturated heterocycles. The highest BCUT2D eigenvalue weighted by Gasteiger charge is 2.54. The third-order valence-electron chi connectivity index (χ3n) is 5.41. The highest BCUT2D eigenvalue weighted by atomic mass is 35.6. The van der Waals surface area contributed by atoms with Crippen molar-refractivity contribution in [3.8, 4) is 5.75 Å². The molecule has 8 nitrogen and oxygen atoms in total. The van der Waals surface area contributed by atoms with Crippen LogP contribution in [0, 0.1) is 0 Å². The highest BCUT2D eigenvalue weighted by molar-refractivity contribution is 8.07. The van der Waals surface area contributed by atoms with Crippen molar-refractivity contribution < 1.29 is 23.9 Å². The Bertz CT molecular complexity index is 1380. The Morgan fingerprint density at radius 2 is 1.87 bits per heavy atom. The Labute approximate surface area is 245 Å². The Morgan fingerprint density at radius 3 is 2.61 bits per heavy atom. The van der Waals surface area contributed by atoms with Crippen molar-refractivity contribution in [1.82, 2.24) is 15.2 Å². The summed E-state index contributed by atoms with van der Waals surface area (Å²) in [6.07, 6.45) is 0. The highest BCUT2D eigenvalue weighted by Crippen LogP contribution is 2.46. The van der Waals surface area contributed by atoms with Crippen molar-refractivity contribution in [1.29, 1.82) is 0 Å². The van der Waals surface area contributed by atoms with Crippen LogP contribution in [0.3, 0.4) is 0 Å². The Hall–Kier alpha value is -2.15. The SMILES string of the molecule is O=C(COc1ccccc1)NC1C(=O)N2C(C(=O)OCC(Cl)(Cl)Cl)=C(Sc3nc4ccccc4s3)CS[C@H]12. The zero-order valence-electron chi connectivity index (χ0n) is 19.3. The van der Waals surface area contributed by atoms with Gasteiger partial charge in [0.05, 0.1) is 10.2 Å². The number of ether oxygens (including phenoxy) is 2. The maximum atomic E-state index is 13.2. The van der Waals surface area contributed by atoms with Crippen LogP contribution >= 0.6 is 69.7 Å². The number of alkyl halides is 3. The summed E-state index contributed by atoms with van der Waals surface area (Å²) in [5.41, 5.74) is 0.895. The zero-order valence-corrected chi connectivity index (χ0v) is 24.0. The van der Waals surface area contributed by atoms with Gasteiger partial charge in [-0.1, -0.05) is 76.9 Å². The van der Waals surface area contributed by atoms with E-state index in [0.717, 1.165) is 10.2 Å². The predicted octanol–water partition coefficient (Wildman–Crippen LogP) is 4.99. The van der Waals surface area contributed by atoms with E-state index in [1.807, 2.05) is 30.3 Å². The van der Waals surface area contributed by atoms with E-state index in [1.165, 1.54) is 39.8 Å². The molecule has 14 heteroatoms. The van der Waals surface area contributed by atoms with Gasteiger partial charge in [-0.25, -0.2) is 9.78 Å². The monoisotopic (exact) mass is 629 g/mol. The number of thiazole rings is 1. The van der Waals surface area contributed by atoms with E-state index in [-0.39, 0.29) is 12.3 Å². The number of para-hydroxylation sites is 2. The minimum absolute atomic E-state index is 0.0586. The van der Waals surface area contributed by atoms with E-state index in [2.05, 4.69) is 10.3 Å². The number of carbonyl (C=O) groups is 3. The molecule has 1 unspecified atom stereocenters. The van der Waals surface area contributed by atoms with Crippen molar-refractivity contribution in [3.05, 3.63) is 65.2 Å². The molecule has 3 heterocycles. The molecule has 1 fully saturated rings. The van der Waals surface area contributed by atoms with E-state index in [1.54, 1.807) is 24.3 Å². The van der Waals surface area contributed by atoms with Crippen LogP contribution in [-0.4, -0.2) is 61.8 Å². The van der Waals surface area contributed by atoms with Gasteiger partial charge in [0, 0.05) is 10.7 Å². The maximum absolute atomic E-state index is 13.2. The van der Waals surface area contributed by atoms with Gasteiger partial charge >= 0.3 is 5.97 Å². The topological polar surface area (TPSA) is 97.8 Å². The molecule has 0 radical (unpaired) electrons. The number of amides is 2. The number of thioether (sulfide) groups is 2. The van der Waals surface area contributed by atoms with Crippen LogP contribution < -0.4 is 10.1 Å². The van der Waals surface area contributed by atoms with Gasteiger partial charge in [0.25, 0.3) is 11.8 Å². The number of rotatable bonds is 8. The number of hydrogen-bond acceptors (Lipinski definition) is 9. The molecule has 0 bridgehead atoms. The van der Waals surface area contributed by atoms with Crippen LogP contribution in [0.4, 0.5) is 0 Å². The summed E-state index contributed by atoms with van der Waals surface area (Å²) < 4.78 is 10.6. The van der Waals surface area contributed by atoms with Gasteiger partial charge in [0.15, 0.2) is 10.9 Å². The molecule has 2 aromatic carbocycles. The minimum Gasteiger partial charge on any atom is -0.484 e. The number of esters is 1. The molecule has 0 saturated carbocycles. The number of nitrogens with zero attached hydrogens (tertiary/aromatic N) is 2. The molecular weight excluding hydrogens is 613 g/mol. The summed E-state index contributed by atoms with van der Waals surface area (Å²) in [4.78, 5) is 45.3. The van der Waals surface area contributed by atoms with Crippen LogP contribution in [0.1, 0.15) is 0 Å². The third kappa shape index (κ3) is 6.19. The lowest BCUT2D eigenvalue weighted by molar-refractivity contribution is -0.152. The van der Waals surface area contributed by atoms with Gasteiger partial charge in [0.2, 0.25) is 3.79 Å². The molecule has 0 spiro atoms. The molecular formula is C24H18Cl3N3O5S3. The van der Waals surface area contributed by atoms with Crippen molar-refractivity contribution >= 4 is 97.7 Å². The Morgan fingerprint density at radius 1 is 1.13 bits per heavy atom. The first-order valence-corrected chi connectivity index (χ1v) is 14.9. The largest absolute Gasteiger partial charge is 0.484 e. The van der Waals surface area contributed by atoms with E-state index < -0.39 is 39.6 Å². The first kappa shape index (κ1) is 27.4. The third-order valence-corrected chi connectivity index (χ3v) is 9.38. The predicted molar refractivity (Wildman–Crippen MR) is 151 cm³/mol. The smallest absolute Gasteiger partial charge is 0.356 e. The first-order chi connectivity index (χ1) is 18.2. The molecule has 38 heavy (non-hydrogen) atoms. The van der Waals surface area contributed by atoms with E-state index in [4.69, 9.17) is 44.3 Å². The number of hydrogen-bond donors (Lipinski definition) is 1. The van der Waals surface area contributed by atoms with E-state index >= 15 is 0 Å². The average Bonchev–Trinajstić information content (AvgIpc) is 3.31. The van der Waals surface area contributed by atoms with Crippen molar-refractivity contribution in [3.63, 3.8) is 0 Å². The zero-order chi connectivity index (χ0) is 26.9. The summed E-state index contributed by atoms with van der Waals surface area (Å²) >= 11 is 21.5. The normalized spacial score (nSPS) is 19.1. The summed E-state index contributed by atoms with van der Waals surface area (Å²) in [5.74, 6) is -0.768. The van der Waals surface area contributed by atoms with Gasteiger partial charge in [-0.15, -0.1) is 23.1 Å². The Balaban J connectivity index is 1.33. The van der Waals surface area contributed by atoms with E-state index in [9.17, 15) is 14.4 Å². The number of carbonyl (C=O) groups excluding carboxylic acids is 3. The molecule has 1 aromatic heterocycles. The second kappa shape index (κ2) is 11.5. The molecule has 2 aliphatic rings. The van der Waals surface area contributed by atoms with Crippen LogP contribution in [0.5, 0.6) is 5.75 Å². The van der Waals surface area contributed by atoms with Crippen LogP contribution in [0.25, 0.3) is 10.2 Å². The average molecular weight is 631 g/mol. The van der Waals surface area contributed by atoms with Gasteiger partial charge in [-0.3, -0.25) is 14.5 Å². The van der Waals surface area contributed by atoms with Crippen LogP contribution in [0.15, 0.2) is 69.5 Å².